The highest BCUT2D eigenvalue weighted by atomic mass is 16.5. The Morgan fingerprint density at radius 3 is 2.81 bits per heavy atom. The van der Waals surface area contributed by atoms with Crippen molar-refractivity contribution in [3.63, 3.8) is 0 Å². The van der Waals surface area contributed by atoms with Crippen LogP contribution in [0.15, 0.2) is 30.7 Å². The number of carbonyl (C=O) groups is 1. The smallest absolute Gasteiger partial charge is 0.224 e. The molecule has 1 amide bonds. The zero-order chi connectivity index (χ0) is 19.1. The molecule has 27 heavy (non-hydrogen) atoms. The van der Waals surface area contributed by atoms with E-state index >= 15 is 0 Å². The van der Waals surface area contributed by atoms with Crippen molar-refractivity contribution >= 4 is 5.91 Å². The molecule has 0 fully saturated rings. The van der Waals surface area contributed by atoms with Crippen molar-refractivity contribution in [2.75, 3.05) is 6.61 Å². The highest BCUT2D eigenvalue weighted by Gasteiger charge is 2.23. The average molecular weight is 366 g/mol. The van der Waals surface area contributed by atoms with Crippen LogP contribution in [0, 0.1) is 0 Å². The molecule has 4 rings (SSSR count). The fourth-order valence-corrected chi connectivity index (χ4v) is 3.25. The minimum Gasteiger partial charge on any atom is -0.491 e. The van der Waals surface area contributed by atoms with Gasteiger partial charge in [0, 0.05) is 12.2 Å². The average Bonchev–Trinajstić information content (AvgIpc) is 3.25. The van der Waals surface area contributed by atoms with Gasteiger partial charge in [0.05, 0.1) is 18.0 Å². The standard InChI is InChI=1S/C19H22N6O2/c1-11(2)25-19(21-10-22-25)15-9-24-6-7-27-16-8-13(12(3)17(20)26)4-5-14(16)18(24)23-15/h4-5,8-12H,6-7H2,1-3H3,(H2,20,26). The number of fused-ring (bicyclic) bond motifs is 3. The van der Waals surface area contributed by atoms with Gasteiger partial charge >= 0.3 is 0 Å². The maximum absolute atomic E-state index is 11.5. The summed E-state index contributed by atoms with van der Waals surface area (Å²) in [5.74, 6) is 1.53. The summed E-state index contributed by atoms with van der Waals surface area (Å²) in [6, 6.07) is 5.91. The first-order valence-electron chi connectivity index (χ1n) is 8.99. The lowest BCUT2D eigenvalue weighted by Crippen LogP contribution is -2.18. The quantitative estimate of drug-likeness (QED) is 0.764. The number of amides is 1. The van der Waals surface area contributed by atoms with Crippen molar-refractivity contribution in [2.45, 2.75) is 39.3 Å². The number of nitrogens with two attached hydrogens (primary N) is 1. The molecule has 2 aromatic heterocycles. The third kappa shape index (κ3) is 2.97. The van der Waals surface area contributed by atoms with Gasteiger partial charge in [-0.05, 0) is 38.5 Å². The predicted molar refractivity (Wildman–Crippen MR) is 100 cm³/mol. The summed E-state index contributed by atoms with van der Waals surface area (Å²) in [4.78, 5) is 20.7. The molecule has 0 spiro atoms. The molecule has 0 bridgehead atoms. The number of benzene rings is 1. The summed E-state index contributed by atoms with van der Waals surface area (Å²) in [6.07, 6.45) is 3.53. The molecule has 0 aliphatic carbocycles. The monoisotopic (exact) mass is 366 g/mol. The van der Waals surface area contributed by atoms with E-state index in [9.17, 15) is 4.79 Å². The third-order valence-electron chi connectivity index (χ3n) is 4.83. The first-order valence-corrected chi connectivity index (χ1v) is 8.99. The second-order valence-corrected chi connectivity index (χ2v) is 6.99. The van der Waals surface area contributed by atoms with E-state index in [1.165, 1.54) is 0 Å². The molecule has 8 nitrogen and oxygen atoms in total. The molecule has 0 saturated heterocycles. The highest BCUT2D eigenvalue weighted by Crippen LogP contribution is 2.35. The predicted octanol–water partition coefficient (Wildman–Crippen LogP) is 2.37. The second-order valence-electron chi connectivity index (χ2n) is 6.99. The molecule has 1 aliphatic rings. The van der Waals surface area contributed by atoms with Gasteiger partial charge in [0.2, 0.25) is 5.91 Å². The maximum atomic E-state index is 11.5. The Hall–Kier alpha value is -3.16. The van der Waals surface area contributed by atoms with Crippen LogP contribution >= 0.6 is 0 Å². The zero-order valence-electron chi connectivity index (χ0n) is 15.6. The Morgan fingerprint density at radius 1 is 1.26 bits per heavy atom. The van der Waals surface area contributed by atoms with Crippen molar-refractivity contribution in [2.24, 2.45) is 5.73 Å². The van der Waals surface area contributed by atoms with Gasteiger partial charge in [-0.25, -0.2) is 14.6 Å². The van der Waals surface area contributed by atoms with Crippen molar-refractivity contribution < 1.29 is 9.53 Å². The summed E-state index contributed by atoms with van der Waals surface area (Å²) in [5.41, 5.74) is 7.93. The first-order chi connectivity index (χ1) is 13.0. The van der Waals surface area contributed by atoms with Crippen LogP contribution in [0.4, 0.5) is 0 Å². The van der Waals surface area contributed by atoms with Crippen LogP contribution in [-0.4, -0.2) is 36.8 Å². The Morgan fingerprint density at radius 2 is 2.07 bits per heavy atom. The number of ether oxygens (including phenoxy) is 1. The summed E-state index contributed by atoms with van der Waals surface area (Å²) in [6.45, 7) is 7.10. The van der Waals surface area contributed by atoms with Gasteiger partial charge in [-0.15, -0.1) is 0 Å². The number of imidazole rings is 1. The molecule has 8 heteroatoms. The minimum atomic E-state index is -0.373. The number of hydrogen-bond acceptors (Lipinski definition) is 5. The molecule has 1 atom stereocenters. The molecule has 0 radical (unpaired) electrons. The Kier molecular flexibility index (Phi) is 4.18. The molecule has 3 heterocycles. The van der Waals surface area contributed by atoms with Crippen molar-refractivity contribution in [1.29, 1.82) is 0 Å². The van der Waals surface area contributed by atoms with E-state index < -0.39 is 0 Å². The van der Waals surface area contributed by atoms with Crippen LogP contribution in [-0.2, 0) is 11.3 Å². The summed E-state index contributed by atoms with van der Waals surface area (Å²) in [5, 5.41) is 4.30. The topological polar surface area (TPSA) is 101 Å². The van der Waals surface area contributed by atoms with Crippen molar-refractivity contribution in [3.05, 3.63) is 36.3 Å². The molecule has 2 N–H and O–H groups in total. The molecule has 1 unspecified atom stereocenters. The molecule has 0 saturated carbocycles. The fourth-order valence-electron chi connectivity index (χ4n) is 3.25. The molecular weight excluding hydrogens is 344 g/mol. The van der Waals surface area contributed by atoms with Gasteiger partial charge in [-0.3, -0.25) is 4.79 Å². The number of hydrogen-bond donors (Lipinski definition) is 1. The number of primary amides is 1. The maximum Gasteiger partial charge on any atom is 0.224 e. The van der Waals surface area contributed by atoms with Crippen LogP contribution in [0.1, 0.15) is 38.3 Å². The lowest BCUT2D eigenvalue weighted by Gasteiger charge is -2.12. The van der Waals surface area contributed by atoms with Gasteiger partial charge in [0.25, 0.3) is 0 Å². The lowest BCUT2D eigenvalue weighted by atomic mass is 9.98. The van der Waals surface area contributed by atoms with E-state index in [-0.39, 0.29) is 17.9 Å². The van der Waals surface area contributed by atoms with Gasteiger partial charge in [0.1, 0.15) is 30.2 Å². The number of aromatic nitrogens is 5. The van der Waals surface area contributed by atoms with E-state index in [2.05, 4.69) is 28.5 Å². The summed E-state index contributed by atoms with van der Waals surface area (Å²) >= 11 is 0. The van der Waals surface area contributed by atoms with E-state index in [0.29, 0.717) is 18.9 Å². The Bertz CT molecular complexity index is 1000. The van der Waals surface area contributed by atoms with E-state index in [0.717, 1.165) is 28.5 Å². The van der Waals surface area contributed by atoms with E-state index in [1.54, 1.807) is 13.3 Å². The lowest BCUT2D eigenvalue weighted by molar-refractivity contribution is -0.119. The highest BCUT2D eigenvalue weighted by molar-refractivity contribution is 5.82. The molecule has 140 valence electrons. The molecule has 1 aliphatic heterocycles. The SMILES string of the molecule is CC(C(N)=O)c1ccc2c(c1)OCCn1cc(-c3ncnn3C(C)C)nc1-2. The number of nitrogens with zero attached hydrogens (tertiary/aromatic N) is 5. The molecular formula is C19H22N6O2. The molecule has 3 aromatic rings. The van der Waals surface area contributed by atoms with Crippen molar-refractivity contribution in [1.82, 2.24) is 24.3 Å². The zero-order valence-corrected chi connectivity index (χ0v) is 15.6. The van der Waals surface area contributed by atoms with Gasteiger partial charge < -0.3 is 15.0 Å². The largest absolute Gasteiger partial charge is 0.491 e. The number of carbonyl (C=O) groups excluding carboxylic acids is 1. The fraction of sp³-hybridized carbons (Fsp3) is 0.368. The summed E-state index contributed by atoms with van der Waals surface area (Å²) < 4.78 is 9.83. The third-order valence-corrected chi connectivity index (χ3v) is 4.83. The van der Waals surface area contributed by atoms with Gasteiger partial charge in [0.15, 0.2) is 5.82 Å². The first kappa shape index (κ1) is 17.3. The normalized spacial score (nSPS) is 14.2. The van der Waals surface area contributed by atoms with Crippen LogP contribution in [0.25, 0.3) is 22.9 Å². The van der Waals surface area contributed by atoms with Gasteiger partial charge in [-0.2, -0.15) is 5.10 Å². The summed E-state index contributed by atoms with van der Waals surface area (Å²) in [7, 11) is 0. The Balaban J connectivity index is 1.79. The van der Waals surface area contributed by atoms with E-state index in [1.807, 2.05) is 29.1 Å². The minimum absolute atomic E-state index is 0.192. The number of rotatable bonds is 4. The van der Waals surface area contributed by atoms with Crippen LogP contribution in [0.5, 0.6) is 5.75 Å². The second kappa shape index (κ2) is 6.53. The Labute approximate surface area is 157 Å². The van der Waals surface area contributed by atoms with Crippen LogP contribution in [0.2, 0.25) is 0 Å². The van der Waals surface area contributed by atoms with Crippen LogP contribution in [0.3, 0.4) is 0 Å². The molecule has 1 aromatic carbocycles. The van der Waals surface area contributed by atoms with Gasteiger partial charge in [-0.1, -0.05) is 6.07 Å². The van der Waals surface area contributed by atoms with E-state index in [4.69, 9.17) is 15.5 Å². The van der Waals surface area contributed by atoms with Crippen LogP contribution < -0.4 is 10.5 Å². The van der Waals surface area contributed by atoms with Crippen molar-refractivity contribution in [3.8, 4) is 28.7 Å².